The topological polar surface area (TPSA) is 47.6 Å². The van der Waals surface area contributed by atoms with Gasteiger partial charge in [-0.05, 0) is 10.1 Å². The fraction of sp³-hybridized carbons (Fsp3) is 1.00. The fourth-order valence-electron chi connectivity index (χ4n) is 2.87. The Kier molecular flexibility index (Phi) is 13.4. The Morgan fingerprint density at radius 2 is 0.955 bits per heavy atom. The molecular formula is C15H36Cl2N2Si2Ti. The molecule has 0 amide bonds. The number of rotatable bonds is 4. The zero-order valence-electron chi connectivity index (χ0n) is 16.2. The molecule has 0 rings (SSSR count). The van der Waals surface area contributed by atoms with Crippen LogP contribution in [0.2, 0.25) is 36.3 Å². The third kappa shape index (κ3) is 5.32. The van der Waals surface area contributed by atoms with Gasteiger partial charge in [-0.1, -0.05) is 74.2 Å². The van der Waals surface area contributed by atoms with Gasteiger partial charge in [0.25, 0.3) is 0 Å². The number of halogens is 2. The largest absolute Gasteiger partial charge is 4.00 e. The van der Waals surface area contributed by atoms with Crippen LogP contribution < -0.4 is 24.8 Å². The summed E-state index contributed by atoms with van der Waals surface area (Å²) < 4.78 is 0. The number of nitrogens with one attached hydrogen (secondary N) is 2. The Morgan fingerprint density at radius 1 is 0.727 bits per heavy atom. The van der Waals surface area contributed by atoms with Gasteiger partial charge in [0.1, 0.15) is 0 Å². The van der Waals surface area contributed by atoms with Crippen LogP contribution in [0.1, 0.15) is 48.0 Å². The Labute approximate surface area is 169 Å². The molecule has 0 saturated heterocycles. The maximum absolute atomic E-state index is 9.44. The second-order valence-corrected chi connectivity index (χ2v) is 20.9. The van der Waals surface area contributed by atoms with Crippen LogP contribution in [-0.4, -0.2) is 27.5 Å². The van der Waals surface area contributed by atoms with E-state index in [9.17, 15) is 5.73 Å². The van der Waals surface area contributed by atoms with Crippen LogP contribution in [-0.2, 0) is 21.7 Å². The van der Waals surface area contributed by atoms with Gasteiger partial charge in [-0.25, -0.2) is 0 Å². The monoisotopic (exact) mass is 418 g/mol. The Hall–Kier alpha value is 1.65. The predicted molar refractivity (Wildman–Crippen MR) is 95.3 cm³/mol. The molecular weight excluding hydrogens is 383 g/mol. The van der Waals surface area contributed by atoms with Gasteiger partial charge in [0.15, 0.2) is 0 Å². The molecule has 0 aromatic carbocycles. The molecule has 0 atom stereocenters. The van der Waals surface area contributed by atoms with Gasteiger partial charge in [0.2, 0.25) is 0 Å². The van der Waals surface area contributed by atoms with Crippen molar-refractivity contribution in [1.29, 1.82) is 0 Å². The van der Waals surface area contributed by atoms with Crippen LogP contribution in [0.5, 0.6) is 0 Å². The molecule has 0 radical (unpaired) electrons. The maximum Gasteiger partial charge on any atom is 4.00 e. The van der Waals surface area contributed by atoms with E-state index in [0.29, 0.717) is 6.54 Å². The Balaban J connectivity index is -0.000000540. The van der Waals surface area contributed by atoms with E-state index in [2.05, 4.69) is 67.7 Å². The standard InChI is InChI=1S/C15H36N2Si2.2ClH.Ti/c1-13(2,3)18(7,8)15(17,11-12-16)19(9,10)14(4,5)6;;;/h16-17H,11-12H2,1-10H3;2*1H;/q-2;;;+4/p-2. The molecule has 0 saturated carbocycles. The van der Waals surface area contributed by atoms with Crippen molar-refractivity contribution >= 4 is 16.1 Å². The molecule has 0 aromatic heterocycles. The predicted octanol–water partition coefficient (Wildman–Crippen LogP) is 0.321. The van der Waals surface area contributed by atoms with Crippen molar-refractivity contribution in [1.82, 2.24) is 0 Å². The summed E-state index contributed by atoms with van der Waals surface area (Å²) in [4.78, 5) is -0.349. The van der Waals surface area contributed by atoms with E-state index in [1.54, 1.807) is 0 Å². The SMILES string of the molecule is CC(C)(C)[Si](C)(C)C([NH-])(CC[NH-])[Si](C)(C)C(C)(C)C.[Cl-].[Cl-].[Ti+4]. The molecule has 0 fully saturated rings. The minimum absolute atomic E-state index is 0. The molecule has 132 valence electrons. The van der Waals surface area contributed by atoms with E-state index < -0.39 is 16.1 Å². The molecule has 0 aromatic rings. The number of hydrogen-bond acceptors (Lipinski definition) is 0. The molecule has 0 aliphatic carbocycles. The van der Waals surface area contributed by atoms with Gasteiger partial charge >= 0.3 is 21.7 Å². The smallest absolute Gasteiger partial charge is 1.00 e. The van der Waals surface area contributed by atoms with Crippen molar-refractivity contribution in [2.45, 2.75) is 89.0 Å². The fourth-order valence-corrected chi connectivity index (χ4v) is 15.4. The molecule has 0 unspecified atom stereocenters. The van der Waals surface area contributed by atoms with Crippen molar-refractivity contribution in [2.75, 3.05) is 6.54 Å². The van der Waals surface area contributed by atoms with Crippen LogP contribution in [0.4, 0.5) is 0 Å². The zero-order chi connectivity index (χ0) is 15.9. The molecule has 0 heterocycles. The van der Waals surface area contributed by atoms with E-state index in [1.165, 1.54) is 0 Å². The van der Waals surface area contributed by atoms with Gasteiger partial charge in [-0.3, -0.25) is 0 Å². The van der Waals surface area contributed by atoms with Gasteiger partial charge in [0.05, 0.1) is 0 Å². The summed E-state index contributed by atoms with van der Waals surface area (Å²) in [6, 6.07) is 0. The second-order valence-electron chi connectivity index (χ2n) is 9.16. The molecule has 0 aliphatic heterocycles. The average molecular weight is 419 g/mol. The molecule has 0 aliphatic rings. The molecule has 22 heavy (non-hydrogen) atoms. The van der Waals surface area contributed by atoms with E-state index >= 15 is 0 Å². The first-order chi connectivity index (χ1) is 8.06. The van der Waals surface area contributed by atoms with Crippen LogP contribution in [0.15, 0.2) is 0 Å². The Bertz CT molecular complexity index is 298. The molecule has 2 nitrogen and oxygen atoms in total. The molecule has 2 N–H and O–H groups in total. The van der Waals surface area contributed by atoms with Crippen LogP contribution >= 0.6 is 0 Å². The summed E-state index contributed by atoms with van der Waals surface area (Å²) in [6.07, 6.45) is 0.750. The summed E-state index contributed by atoms with van der Waals surface area (Å²) in [7, 11) is -3.63. The third-order valence-electron chi connectivity index (χ3n) is 6.38. The van der Waals surface area contributed by atoms with Crippen molar-refractivity contribution in [3.05, 3.63) is 11.5 Å². The van der Waals surface area contributed by atoms with Gasteiger partial charge in [-0.15, -0.1) is 4.79 Å². The van der Waals surface area contributed by atoms with Crippen molar-refractivity contribution in [3.8, 4) is 0 Å². The van der Waals surface area contributed by atoms with Gasteiger partial charge in [-0.2, -0.15) is 6.54 Å². The summed E-state index contributed by atoms with van der Waals surface area (Å²) >= 11 is 0. The van der Waals surface area contributed by atoms with Crippen LogP contribution in [0.25, 0.3) is 11.5 Å². The summed E-state index contributed by atoms with van der Waals surface area (Å²) in [5.41, 5.74) is 17.2. The van der Waals surface area contributed by atoms with Gasteiger partial charge < -0.3 is 36.3 Å². The molecule has 0 bridgehead atoms. The van der Waals surface area contributed by atoms with Crippen LogP contribution in [0, 0.1) is 0 Å². The first kappa shape index (κ1) is 31.4. The summed E-state index contributed by atoms with van der Waals surface area (Å²) in [5.74, 6) is 0. The maximum atomic E-state index is 9.44. The first-order valence-electron chi connectivity index (χ1n) is 7.46. The zero-order valence-corrected chi connectivity index (χ0v) is 21.2. The van der Waals surface area contributed by atoms with E-state index in [0.717, 1.165) is 6.42 Å². The summed E-state index contributed by atoms with van der Waals surface area (Å²) in [6.45, 7) is 23.8. The minimum atomic E-state index is -1.82. The second kappa shape index (κ2) is 9.37. The Morgan fingerprint density at radius 3 is 1.09 bits per heavy atom. The van der Waals surface area contributed by atoms with E-state index in [4.69, 9.17) is 5.73 Å². The quantitative estimate of drug-likeness (QED) is 0.590. The number of hydrogen-bond donors (Lipinski definition) is 0. The molecule has 0 spiro atoms. The minimum Gasteiger partial charge on any atom is -1.00 e. The first-order valence-corrected chi connectivity index (χ1v) is 13.5. The van der Waals surface area contributed by atoms with Crippen molar-refractivity contribution in [3.63, 3.8) is 0 Å². The normalized spacial score (nSPS) is 13.6. The third-order valence-corrected chi connectivity index (χ3v) is 22.4. The van der Waals surface area contributed by atoms with Gasteiger partial charge in [0, 0.05) is 16.1 Å². The molecule has 7 heteroatoms. The van der Waals surface area contributed by atoms with Crippen molar-refractivity contribution in [2.24, 2.45) is 0 Å². The van der Waals surface area contributed by atoms with E-state index in [1.807, 2.05) is 0 Å². The van der Waals surface area contributed by atoms with Crippen molar-refractivity contribution < 1.29 is 46.5 Å². The van der Waals surface area contributed by atoms with Crippen LogP contribution in [0.3, 0.4) is 0 Å². The average Bonchev–Trinajstić information content (AvgIpc) is 2.13. The summed E-state index contributed by atoms with van der Waals surface area (Å²) in [5, 5.41) is 0.416. The van der Waals surface area contributed by atoms with E-state index in [-0.39, 0.29) is 61.4 Å².